The molecule has 0 saturated heterocycles. The van der Waals surface area contributed by atoms with Crippen LogP contribution in [0.4, 0.5) is 5.69 Å². The Bertz CT molecular complexity index is 336. The number of hydrogen-bond donors (Lipinski definition) is 1. The summed E-state index contributed by atoms with van der Waals surface area (Å²) in [6.45, 7) is 0.750. The monoisotopic (exact) mass is 214 g/mol. The molecule has 0 bridgehead atoms. The number of likely N-dealkylation sites (N-methyl/N-ethyl adjacent to an activating group) is 1. The van der Waals surface area contributed by atoms with Crippen molar-refractivity contribution in [3.05, 3.63) is 22.5 Å². The van der Waals surface area contributed by atoms with Crippen molar-refractivity contribution < 1.29 is 10.0 Å². The summed E-state index contributed by atoms with van der Waals surface area (Å²) in [7, 11) is 3.68. The second kappa shape index (κ2) is 4.85. The Morgan fingerprint density at radius 3 is 2.87 bits per heavy atom. The van der Waals surface area contributed by atoms with Crippen molar-refractivity contribution in [1.29, 1.82) is 0 Å². The van der Waals surface area contributed by atoms with E-state index in [1.165, 1.54) is 17.1 Å². The van der Waals surface area contributed by atoms with Gasteiger partial charge < -0.3 is 10.0 Å². The van der Waals surface area contributed by atoms with Gasteiger partial charge >= 0.3 is 5.69 Å². The molecule has 1 unspecified atom stereocenters. The number of nitrogens with zero attached hydrogens (tertiary/aromatic N) is 4. The molecule has 1 atom stereocenters. The molecule has 0 aromatic carbocycles. The summed E-state index contributed by atoms with van der Waals surface area (Å²) in [6, 6.07) is 0. The lowest BCUT2D eigenvalue weighted by Gasteiger charge is -2.15. The summed E-state index contributed by atoms with van der Waals surface area (Å²) in [4.78, 5) is 11.7. The minimum atomic E-state index is -0.584. The van der Waals surface area contributed by atoms with Crippen LogP contribution in [0.15, 0.2) is 12.4 Å². The zero-order chi connectivity index (χ0) is 11.4. The molecule has 84 valence electrons. The number of hydrogen-bond acceptors (Lipinski definition) is 5. The van der Waals surface area contributed by atoms with E-state index >= 15 is 0 Å². The van der Waals surface area contributed by atoms with Crippen LogP contribution in [0.1, 0.15) is 0 Å². The first-order valence-electron chi connectivity index (χ1n) is 4.48. The van der Waals surface area contributed by atoms with E-state index in [-0.39, 0.29) is 12.2 Å². The van der Waals surface area contributed by atoms with Crippen molar-refractivity contribution in [2.24, 2.45) is 0 Å². The van der Waals surface area contributed by atoms with Gasteiger partial charge in [-0.3, -0.25) is 14.8 Å². The molecule has 0 radical (unpaired) electrons. The summed E-state index contributed by atoms with van der Waals surface area (Å²) in [5.41, 5.74) is -0.0629. The van der Waals surface area contributed by atoms with Crippen molar-refractivity contribution in [2.45, 2.75) is 12.6 Å². The van der Waals surface area contributed by atoms with Gasteiger partial charge in [-0.15, -0.1) is 0 Å². The number of nitro groups is 1. The van der Waals surface area contributed by atoms with E-state index in [4.69, 9.17) is 0 Å². The standard InChI is InChI=1S/C8H14N4O3/c1-10(2)5-8(13)6-11-4-7(3-9-11)12(14)15/h3-4,8,13H,5-6H2,1-2H3. The van der Waals surface area contributed by atoms with E-state index in [0.29, 0.717) is 6.54 Å². The highest BCUT2D eigenvalue weighted by Crippen LogP contribution is 2.08. The largest absolute Gasteiger partial charge is 0.390 e. The molecule has 0 aliphatic heterocycles. The SMILES string of the molecule is CN(C)CC(O)Cn1cc([N+](=O)[O-])cn1. The van der Waals surface area contributed by atoms with Crippen LogP contribution in [0, 0.1) is 10.1 Å². The zero-order valence-electron chi connectivity index (χ0n) is 8.70. The molecule has 0 aliphatic rings. The van der Waals surface area contributed by atoms with E-state index in [1.54, 1.807) is 0 Å². The zero-order valence-corrected chi connectivity index (χ0v) is 8.70. The fourth-order valence-electron chi connectivity index (χ4n) is 1.24. The molecule has 7 nitrogen and oxygen atoms in total. The average molecular weight is 214 g/mol. The van der Waals surface area contributed by atoms with E-state index in [1.807, 2.05) is 19.0 Å². The highest BCUT2D eigenvalue weighted by atomic mass is 16.6. The maximum Gasteiger partial charge on any atom is 0.306 e. The van der Waals surface area contributed by atoms with Gasteiger partial charge in [0.1, 0.15) is 12.4 Å². The Hall–Kier alpha value is -1.47. The van der Waals surface area contributed by atoms with E-state index in [0.717, 1.165) is 0 Å². The van der Waals surface area contributed by atoms with Crippen molar-refractivity contribution >= 4 is 5.69 Å². The van der Waals surface area contributed by atoms with Gasteiger partial charge in [0.25, 0.3) is 0 Å². The predicted molar refractivity (Wildman–Crippen MR) is 53.4 cm³/mol. The smallest absolute Gasteiger partial charge is 0.306 e. The van der Waals surface area contributed by atoms with Crippen LogP contribution >= 0.6 is 0 Å². The van der Waals surface area contributed by atoms with Gasteiger partial charge in [-0.25, -0.2) is 0 Å². The van der Waals surface area contributed by atoms with Crippen molar-refractivity contribution in [3.63, 3.8) is 0 Å². The average Bonchev–Trinajstić information content (AvgIpc) is 2.50. The van der Waals surface area contributed by atoms with Gasteiger partial charge in [-0.05, 0) is 14.1 Å². The topological polar surface area (TPSA) is 84.4 Å². The fraction of sp³-hybridized carbons (Fsp3) is 0.625. The number of rotatable bonds is 5. The van der Waals surface area contributed by atoms with E-state index in [2.05, 4.69) is 5.10 Å². The van der Waals surface area contributed by atoms with Crippen molar-refractivity contribution in [2.75, 3.05) is 20.6 Å². The van der Waals surface area contributed by atoms with Gasteiger partial charge in [-0.2, -0.15) is 5.10 Å². The molecular weight excluding hydrogens is 200 g/mol. The van der Waals surface area contributed by atoms with Crippen LogP contribution in [-0.2, 0) is 6.54 Å². The highest BCUT2D eigenvalue weighted by molar-refractivity contribution is 5.20. The molecule has 0 saturated carbocycles. The fourth-order valence-corrected chi connectivity index (χ4v) is 1.24. The molecule has 0 amide bonds. The molecule has 0 aliphatic carbocycles. The van der Waals surface area contributed by atoms with Crippen molar-refractivity contribution in [3.8, 4) is 0 Å². The first-order chi connectivity index (χ1) is 6.99. The summed E-state index contributed by atoms with van der Waals surface area (Å²) in [5, 5.41) is 23.7. The molecule has 1 aromatic heterocycles. The van der Waals surface area contributed by atoms with Crippen LogP contribution in [-0.4, -0.2) is 51.5 Å². The van der Waals surface area contributed by atoms with Gasteiger partial charge in [0.15, 0.2) is 0 Å². The van der Waals surface area contributed by atoms with Crippen LogP contribution in [0.25, 0.3) is 0 Å². The normalized spacial score (nSPS) is 13.1. The highest BCUT2D eigenvalue weighted by Gasteiger charge is 2.12. The van der Waals surface area contributed by atoms with Crippen LogP contribution in [0.5, 0.6) is 0 Å². The second-order valence-corrected chi connectivity index (χ2v) is 3.59. The van der Waals surface area contributed by atoms with Crippen LogP contribution < -0.4 is 0 Å². The number of aliphatic hydroxyl groups excluding tert-OH is 1. The van der Waals surface area contributed by atoms with E-state index in [9.17, 15) is 15.2 Å². The maximum atomic E-state index is 10.4. The Kier molecular flexibility index (Phi) is 3.75. The van der Waals surface area contributed by atoms with Gasteiger partial charge in [0, 0.05) is 6.54 Å². The van der Waals surface area contributed by atoms with E-state index < -0.39 is 11.0 Å². The van der Waals surface area contributed by atoms with Crippen LogP contribution in [0.2, 0.25) is 0 Å². The lowest BCUT2D eigenvalue weighted by Crippen LogP contribution is -2.29. The van der Waals surface area contributed by atoms with Gasteiger partial charge in [-0.1, -0.05) is 0 Å². The quantitative estimate of drug-likeness (QED) is 0.538. The van der Waals surface area contributed by atoms with Crippen molar-refractivity contribution in [1.82, 2.24) is 14.7 Å². The molecule has 1 aromatic rings. The minimum Gasteiger partial charge on any atom is -0.390 e. The third kappa shape index (κ3) is 3.64. The Morgan fingerprint density at radius 2 is 2.40 bits per heavy atom. The van der Waals surface area contributed by atoms with Crippen LogP contribution in [0.3, 0.4) is 0 Å². The Morgan fingerprint density at radius 1 is 1.73 bits per heavy atom. The molecule has 0 spiro atoms. The molecule has 1 rings (SSSR count). The summed E-state index contributed by atoms with van der Waals surface area (Å²) in [6.07, 6.45) is 1.89. The first-order valence-corrected chi connectivity index (χ1v) is 4.48. The molecule has 1 N–H and O–H groups in total. The molecule has 1 heterocycles. The molecular formula is C8H14N4O3. The second-order valence-electron chi connectivity index (χ2n) is 3.59. The predicted octanol–water partition coefficient (Wildman–Crippen LogP) is -0.286. The summed E-state index contributed by atoms with van der Waals surface area (Å²) >= 11 is 0. The maximum absolute atomic E-state index is 10.4. The third-order valence-electron chi connectivity index (χ3n) is 1.80. The first kappa shape index (κ1) is 11.6. The summed E-state index contributed by atoms with van der Waals surface area (Å²) < 4.78 is 1.37. The lowest BCUT2D eigenvalue weighted by atomic mass is 10.3. The minimum absolute atomic E-state index is 0.0629. The molecule has 15 heavy (non-hydrogen) atoms. The summed E-state index contributed by atoms with van der Waals surface area (Å²) in [5.74, 6) is 0. The Labute approximate surface area is 87.1 Å². The molecule has 7 heteroatoms. The lowest BCUT2D eigenvalue weighted by molar-refractivity contribution is -0.385. The number of aliphatic hydroxyl groups is 1. The molecule has 0 fully saturated rings. The number of aromatic nitrogens is 2. The third-order valence-corrected chi connectivity index (χ3v) is 1.80. The van der Waals surface area contributed by atoms with Gasteiger partial charge in [0.2, 0.25) is 0 Å². The Balaban J connectivity index is 2.53. The van der Waals surface area contributed by atoms with Gasteiger partial charge in [0.05, 0.1) is 17.6 Å².